The normalized spacial score (nSPS) is 22.9. The Morgan fingerprint density at radius 1 is 1.06 bits per heavy atom. The van der Waals surface area contributed by atoms with Gasteiger partial charge in [-0.25, -0.2) is 0 Å². The van der Waals surface area contributed by atoms with Gasteiger partial charge in [-0.2, -0.15) is 0 Å². The summed E-state index contributed by atoms with van der Waals surface area (Å²) in [5.74, 6) is -1.05. The summed E-state index contributed by atoms with van der Waals surface area (Å²) >= 11 is 0. The van der Waals surface area contributed by atoms with Crippen molar-refractivity contribution in [3.8, 4) is 0 Å². The molecule has 0 bridgehead atoms. The van der Waals surface area contributed by atoms with E-state index in [2.05, 4.69) is 0 Å². The van der Waals surface area contributed by atoms with Gasteiger partial charge < -0.3 is 4.74 Å². The van der Waals surface area contributed by atoms with Crippen molar-refractivity contribution in [2.75, 3.05) is 6.61 Å². The van der Waals surface area contributed by atoms with Crippen LogP contribution >= 0.6 is 0 Å². The first-order chi connectivity index (χ1) is 8.18. The van der Waals surface area contributed by atoms with Crippen LogP contribution in [-0.4, -0.2) is 35.3 Å². The lowest BCUT2D eigenvalue weighted by molar-refractivity contribution is -0.137. The second kappa shape index (κ2) is 3.41. The number of esters is 1. The summed E-state index contributed by atoms with van der Waals surface area (Å²) in [6.45, 7) is 0.101. The first-order valence-electron chi connectivity index (χ1n) is 5.31. The zero-order valence-corrected chi connectivity index (χ0v) is 8.88. The quantitative estimate of drug-likeness (QED) is 0.524. The number of fused-ring (bicyclic) bond motifs is 1. The molecule has 0 aromatic heterocycles. The predicted octanol–water partition coefficient (Wildman–Crippen LogP) is 0.598. The predicted molar refractivity (Wildman–Crippen MR) is 56.3 cm³/mol. The third-order valence-corrected chi connectivity index (χ3v) is 3.03. The lowest BCUT2D eigenvalue weighted by atomic mass is 10.1. The molecule has 0 aliphatic carbocycles. The van der Waals surface area contributed by atoms with Crippen LogP contribution in [0, 0.1) is 0 Å². The van der Waals surface area contributed by atoms with E-state index in [1.54, 1.807) is 24.3 Å². The van der Waals surface area contributed by atoms with E-state index in [0.29, 0.717) is 11.1 Å². The van der Waals surface area contributed by atoms with Crippen LogP contribution in [0.4, 0.5) is 0 Å². The van der Waals surface area contributed by atoms with Gasteiger partial charge in [0.15, 0.2) is 0 Å². The molecule has 17 heavy (non-hydrogen) atoms. The van der Waals surface area contributed by atoms with E-state index in [4.69, 9.17) is 4.74 Å². The molecule has 1 fully saturated rings. The Morgan fingerprint density at radius 3 is 2.12 bits per heavy atom. The van der Waals surface area contributed by atoms with Crippen LogP contribution in [0.2, 0.25) is 0 Å². The topological polar surface area (TPSA) is 63.7 Å². The smallest absolute Gasteiger partial charge is 0.308 e. The second-order valence-corrected chi connectivity index (χ2v) is 4.07. The van der Waals surface area contributed by atoms with E-state index in [0.717, 1.165) is 4.90 Å². The maximum Gasteiger partial charge on any atom is 0.308 e. The number of imide groups is 1. The van der Waals surface area contributed by atoms with Crippen molar-refractivity contribution in [3.05, 3.63) is 35.4 Å². The zero-order chi connectivity index (χ0) is 12.0. The maximum atomic E-state index is 12.0. The molecule has 0 N–H and O–H groups in total. The Balaban J connectivity index is 1.98. The van der Waals surface area contributed by atoms with Crippen molar-refractivity contribution in [1.82, 2.24) is 4.90 Å². The van der Waals surface area contributed by atoms with Crippen LogP contribution in [-0.2, 0) is 9.53 Å². The SMILES string of the molecule is O=C1C[C@H](N2C(=O)c3ccccc3C2=O)CO1. The number of rotatable bonds is 1. The third kappa shape index (κ3) is 1.35. The minimum Gasteiger partial charge on any atom is -0.463 e. The summed E-state index contributed by atoms with van der Waals surface area (Å²) in [6, 6.07) is 6.20. The molecule has 0 radical (unpaired) electrons. The molecule has 2 heterocycles. The number of benzene rings is 1. The number of carbonyl (C=O) groups excluding carboxylic acids is 3. The Morgan fingerprint density at radius 2 is 1.65 bits per heavy atom. The van der Waals surface area contributed by atoms with E-state index >= 15 is 0 Å². The highest BCUT2D eigenvalue weighted by Gasteiger charge is 2.43. The number of carbonyl (C=O) groups is 3. The van der Waals surface area contributed by atoms with Crippen molar-refractivity contribution in [2.45, 2.75) is 12.5 Å². The van der Waals surface area contributed by atoms with Gasteiger partial charge >= 0.3 is 5.97 Å². The van der Waals surface area contributed by atoms with Crippen molar-refractivity contribution >= 4 is 17.8 Å². The molecule has 1 aromatic carbocycles. The van der Waals surface area contributed by atoms with Gasteiger partial charge in [-0.3, -0.25) is 19.3 Å². The highest BCUT2D eigenvalue weighted by Crippen LogP contribution is 2.27. The minimum atomic E-state index is -0.463. The van der Waals surface area contributed by atoms with E-state index in [1.165, 1.54) is 0 Å². The fourth-order valence-corrected chi connectivity index (χ4v) is 2.20. The van der Waals surface area contributed by atoms with E-state index in [-0.39, 0.29) is 30.8 Å². The fourth-order valence-electron chi connectivity index (χ4n) is 2.20. The van der Waals surface area contributed by atoms with Gasteiger partial charge in [0.05, 0.1) is 23.6 Å². The zero-order valence-electron chi connectivity index (χ0n) is 8.88. The fraction of sp³-hybridized carbons (Fsp3) is 0.250. The van der Waals surface area contributed by atoms with Gasteiger partial charge in [-0.05, 0) is 12.1 Å². The molecule has 2 aliphatic rings. The standard InChI is InChI=1S/C12H9NO4/c14-10-5-7(6-17-10)13-11(15)8-3-1-2-4-9(8)12(13)16/h1-4,7H,5-6H2/t7-/m0/s1. The van der Waals surface area contributed by atoms with Crippen molar-refractivity contribution in [3.63, 3.8) is 0 Å². The van der Waals surface area contributed by atoms with Crippen LogP contribution in [0.25, 0.3) is 0 Å². The largest absolute Gasteiger partial charge is 0.463 e. The van der Waals surface area contributed by atoms with Crippen LogP contribution in [0.3, 0.4) is 0 Å². The summed E-state index contributed by atoms with van der Waals surface area (Å²) < 4.78 is 4.79. The van der Waals surface area contributed by atoms with Gasteiger partial charge in [0.1, 0.15) is 6.61 Å². The molecule has 0 unspecified atom stereocenters. The number of ether oxygens (including phenoxy) is 1. The van der Waals surface area contributed by atoms with Gasteiger partial charge in [-0.15, -0.1) is 0 Å². The van der Waals surface area contributed by atoms with Gasteiger partial charge in [0, 0.05) is 0 Å². The minimum absolute atomic E-state index is 0.0888. The third-order valence-electron chi connectivity index (χ3n) is 3.03. The summed E-state index contributed by atoms with van der Waals surface area (Å²) in [4.78, 5) is 36.2. The molecule has 3 rings (SSSR count). The highest BCUT2D eigenvalue weighted by molar-refractivity contribution is 6.21. The summed E-state index contributed by atoms with van der Waals surface area (Å²) in [6.07, 6.45) is 0.0888. The molecule has 1 atom stereocenters. The first kappa shape index (κ1) is 10.0. The molecule has 5 heteroatoms. The van der Waals surface area contributed by atoms with Crippen molar-refractivity contribution in [2.24, 2.45) is 0 Å². The van der Waals surface area contributed by atoms with E-state index < -0.39 is 6.04 Å². The molecular formula is C12H9NO4. The maximum absolute atomic E-state index is 12.0. The Kier molecular flexibility index (Phi) is 2.01. The first-order valence-corrected chi connectivity index (χ1v) is 5.31. The molecule has 2 aliphatic heterocycles. The van der Waals surface area contributed by atoms with Crippen molar-refractivity contribution in [1.29, 1.82) is 0 Å². The van der Waals surface area contributed by atoms with Gasteiger partial charge in [0.2, 0.25) is 0 Å². The number of hydrogen-bond donors (Lipinski definition) is 0. The Labute approximate surface area is 97.0 Å². The van der Waals surface area contributed by atoms with Crippen molar-refractivity contribution < 1.29 is 19.1 Å². The Hall–Kier alpha value is -2.17. The molecule has 86 valence electrons. The molecule has 0 spiro atoms. The van der Waals surface area contributed by atoms with Crippen LogP contribution in [0.15, 0.2) is 24.3 Å². The monoisotopic (exact) mass is 231 g/mol. The number of hydrogen-bond acceptors (Lipinski definition) is 4. The lowest BCUT2D eigenvalue weighted by Crippen LogP contribution is -2.40. The van der Waals surface area contributed by atoms with Crippen LogP contribution in [0.5, 0.6) is 0 Å². The lowest BCUT2D eigenvalue weighted by Gasteiger charge is -2.18. The molecular weight excluding hydrogens is 222 g/mol. The average Bonchev–Trinajstić information content (AvgIpc) is 2.84. The summed E-state index contributed by atoms with van der Waals surface area (Å²) in [5.41, 5.74) is 0.800. The second-order valence-electron chi connectivity index (χ2n) is 4.07. The van der Waals surface area contributed by atoms with Gasteiger partial charge in [0.25, 0.3) is 11.8 Å². The average molecular weight is 231 g/mol. The molecule has 2 amide bonds. The van der Waals surface area contributed by atoms with Gasteiger partial charge in [-0.1, -0.05) is 12.1 Å². The number of nitrogens with zero attached hydrogens (tertiary/aromatic N) is 1. The number of cyclic esters (lactones) is 1. The van der Waals surface area contributed by atoms with Crippen LogP contribution < -0.4 is 0 Å². The molecule has 1 aromatic rings. The molecule has 1 saturated heterocycles. The highest BCUT2D eigenvalue weighted by atomic mass is 16.5. The summed E-state index contributed by atoms with van der Waals surface area (Å²) in [7, 11) is 0. The van der Waals surface area contributed by atoms with E-state index in [1.807, 2.05) is 0 Å². The molecule has 5 nitrogen and oxygen atoms in total. The van der Waals surface area contributed by atoms with Crippen LogP contribution in [0.1, 0.15) is 27.1 Å². The Bertz CT molecular complexity index is 502. The summed E-state index contributed by atoms with van der Waals surface area (Å²) in [5, 5.41) is 0. The van der Waals surface area contributed by atoms with E-state index in [9.17, 15) is 14.4 Å². The molecule has 0 saturated carbocycles. The number of amides is 2.